The average molecular weight is 268 g/mol. The molecule has 1 aliphatic heterocycles. The number of hydrogen-bond donors (Lipinski definition) is 2. The van der Waals surface area contributed by atoms with E-state index in [1.54, 1.807) is 18.7 Å². The zero-order valence-electron chi connectivity index (χ0n) is 10.4. The van der Waals surface area contributed by atoms with Crippen molar-refractivity contribution in [3.63, 3.8) is 0 Å². The van der Waals surface area contributed by atoms with E-state index in [2.05, 4.69) is 4.98 Å². The topological polar surface area (TPSA) is 102 Å². The molecular formula is C11H16N4O2S. The molecule has 2 heterocycles. The third-order valence-electron chi connectivity index (χ3n) is 3.36. The number of nitrogens with two attached hydrogens (primary N) is 2. The van der Waals surface area contributed by atoms with Crippen molar-refractivity contribution in [3.05, 3.63) is 10.6 Å². The van der Waals surface area contributed by atoms with E-state index in [0.29, 0.717) is 35.2 Å². The number of rotatable bonds is 2. The Hall–Kier alpha value is -1.63. The van der Waals surface area contributed by atoms with Gasteiger partial charge >= 0.3 is 0 Å². The number of likely N-dealkylation sites (tertiary alicyclic amines) is 1. The van der Waals surface area contributed by atoms with E-state index in [4.69, 9.17) is 11.5 Å². The van der Waals surface area contributed by atoms with Crippen LogP contribution in [0.15, 0.2) is 0 Å². The minimum Gasteiger partial charge on any atom is -0.375 e. The summed E-state index contributed by atoms with van der Waals surface area (Å²) in [7, 11) is 0. The predicted octanol–water partition coefficient (Wildman–Crippen LogP) is 0.371. The molecule has 0 spiro atoms. The normalized spacial score (nSPS) is 23.3. The van der Waals surface area contributed by atoms with Crippen LogP contribution in [0.3, 0.4) is 0 Å². The number of carbonyl (C=O) groups excluding carboxylic acids is 2. The number of primary amides is 1. The number of anilines is 1. The smallest absolute Gasteiger partial charge is 0.265 e. The minimum absolute atomic E-state index is 0.119. The van der Waals surface area contributed by atoms with Gasteiger partial charge in [-0.1, -0.05) is 11.3 Å². The molecule has 2 amide bonds. The first kappa shape index (κ1) is 12.8. The number of thiazole rings is 1. The summed E-state index contributed by atoms with van der Waals surface area (Å²) in [5, 5.41) is 0.382. The Kier molecular flexibility index (Phi) is 3.02. The fourth-order valence-corrected chi connectivity index (χ4v) is 2.90. The molecule has 2 rings (SSSR count). The van der Waals surface area contributed by atoms with Gasteiger partial charge in [-0.3, -0.25) is 9.59 Å². The first-order chi connectivity index (χ1) is 8.33. The third-order valence-corrected chi connectivity index (χ3v) is 4.34. The molecule has 1 aliphatic rings. The average Bonchev–Trinajstić information content (AvgIpc) is 2.82. The molecule has 4 N–H and O–H groups in total. The van der Waals surface area contributed by atoms with Crippen LogP contribution >= 0.6 is 11.3 Å². The second kappa shape index (κ2) is 4.24. The van der Waals surface area contributed by atoms with Crippen LogP contribution in [0.4, 0.5) is 5.13 Å². The number of aryl methyl sites for hydroxylation is 1. The summed E-state index contributed by atoms with van der Waals surface area (Å²) in [6.45, 7) is 4.44. The Morgan fingerprint density at radius 3 is 2.61 bits per heavy atom. The van der Waals surface area contributed by atoms with E-state index in [9.17, 15) is 9.59 Å². The second-order valence-electron chi connectivity index (χ2n) is 4.87. The maximum Gasteiger partial charge on any atom is 0.265 e. The largest absolute Gasteiger partial charge is 0.375 e. The SMILES string of the molecule is Cc1nc(N)sc1C(=O)N1CCC(C)(C(N)=O)C1. The number of nitrogens with zero attached hydrogens (tertiary/aromatic N) is 2. The zero-order chi connectivity index (χ0) is 13.5. The van der Waals surface area contributed by atoms with E-state index in [1.165, 1.54) is 11.3 Å². The van der Waals surface area contributed by atoms with Crippen LogP contribution in [0.1, 0.15) is 28.7 Å². The highest BCUT2D eigenvalue weighted by molar-refractivity contribution is 7.17. The van der Waals surface area contributed by atoms with E-state index >= 15 is 0 Å². The highest BCUT2D eigenvalue weighted by atomic mass is 32.1. The molecule has 0 aromatic carbocycles. The molecule has 7 heteroatoms. The van der Waals surface area contributed by atoms with E-state index in [1.807, 2.05) is 0 Å². The molecule has 1 atom stereocenters. The van der Waals surface area contributed by atoms with Crippen molar-refractivity contribution in [3.8, 4) is 0 Å². The van der Waals surface area contributed by atoms with Gasteiger partial charge in [0.2, 0.25) is 5.91 Å². The van der Waals surface area contributed by atoms with Gasteiger partial charge in [-0.2, -0.15) is 0 Å². The Morgan fingerprint density at radius 2 is 2.17 bits per heavy atom. The van der Waals surface area contributed by atoms with Crippen LogP contribution in [-0.4, -0.2) is 34.8 Å². The number of nitrogen functional groups attached to an aromatic ring is 1. The monoisotopic (exact) mass is 268 g/mol. The molecule has 1 fully saturated rings. The molecule has 0 radical (unpaired) electrons. The summed E-state index contributed by atoms with van der Waals surface area (Å²) < 4.78 is 0. The Bertz CT molecular complexity index is 513. The summed E-state index contributed by atoms with van der Waals surface area (Å²) in [5.41, 5.74) is 10.9. The molecular weight excluding hydrogens is 252 g/mol. The van der Waals surface area contributed by atoms with Gasteiger partial charge in [0.1, 0.15) is 4.88 Å². The van der Waals surface area contributed by atoms with Gasteiger partial charge < -0.3 is 16.4 Å². The molecule has 1 unspecified atom stereocenters. The molecule has 0 saturated carbocycles. The van der Waals surface area contributed by atoms with Crippen LogP contribution in [0.5, 0.6) is 0 Å². The Morgan fingerprint density at radius 1 is 1.50 bits per heavy atom. The highest BCUT2D eigenvalue weighted by Gasteiger charge is 2.41. The van der Waals surface area contributed by atoms with Crippen LogP contribution in [0.25, 0.3) is 0 Å². The van der Waals surface area contributed by atoms with Crippen molar-refractivity contribution in [1.82, 2.24) is 9.88 Å². The highest BCUT2D eigenvalue weighted by Crippen LogP contribution is 2.32. The quantitative estimate of drug-likeness (QED) is 0.809. The predicted molar refractivity (Wildman–Crippen MR) is 69.1 cm³/mol. The molecule has 0 aliphatic carbocycles. The van der Waals surface area contributed by atoms with E-state index in [-0.39, 0.29) is 11.8 Å². The van der Waals surface area contributed by atoms with Crippen LogP contribution in [-0.2, 0) is 4.79 Å². The van der Waals surface area contributed by atoms with Gasteiger partial charge in [-0.25, -0.2) is 4.98 Å². The van der Waals surface area contributed by atoms with Crippen molar-refractivity contribution < 1.29 is 9.59 Å². The molecule has 98 valence electrons. The molecule has 18 heavy (non-hydrogen) atoms. The first-order valence-electron chi connectivity index (χ1n) is 5.65. The maximum absolute atomic E-state index is 12.3. The zero-order valence-corrected chi connectivity index (χ0v) is 11.2. The molecule has 1 saturated heterocycles. The number of hydrogen-bond acceptors (Lipinski definition) is 5. The summed E-state index contributed by atoms with van der Waals surface area (Å²) in [5.74, 6) is -0.481. The van der Waals surface area contributed by atoms with Crippen molar-refractivity contribution in [2.75, 3.05) is 18.8 Å². The van der Waals surface area contributed by atoms with Crippen LogP contribution in [0.2, 0.25) is 0 Å². The van der Waals surface area contributed by atoms with Crippen molar-refractivity contribution in [1.29, 1.82) is 0 Å². The molecule has 6 nitrogen and oxygen atoms in total. The lowest BCUT2D eigenvalue weighted by atomic mass is 9.89. The number of carbonyl (C=O) groups is 2. The lowest BCUT2D eigenvalue weighted by Crippen LogP contribution is -2.38. The Labute approximate surface area is 109 Å². The van der Waals surface area contributed by atoms with Gasteiger partial charge in [0.15, 0.2) is 5.13 Å². The van der Waals surface area contributed by atoms with Crippen molar-refractivity contribution in [2.45, 2.75) is 20.3 Å². The van der Waals surface area contributed by atoms with Gasteiger partial charge in [0.25, 0.3) is 5.91 Å². The van der Waals surface area contributed by atoms with Gasteiger partial charge in [0.05, 0.1) is 11.1 Å². The van der Waals surface area contributed by atoms with Crippen LogP contribution < -0.4 is 11.5 Å². The summed E-state index contributed by atoms with van der Waals surface area (Å²) >= 11 is 1.18. The fraction of sp³-hybridized carbons (Fsp3) is 0.545. The summed E-state index contributed by atoms with van der Waals surface area (Å²) in [6, 6.07) is 0. The first-order valence-corrected chi connectivity index (χ1v) is 6.47. The second-order valence-corrected chi connectivity index (χ2v) is 5.90. The van der Waals surface area contributed by atoms with Gasteiger partial charge in [-0.15, -0.1) is 0 Å². The molecule has 0 bridgehead atoms. The number of aromatic nitrogens is 1. The Balaban J connectivity index is 2.18. The summed E-state index contributed by atoms with van der Waals surface area (Å²) in [6.07, 6.45) is 0.599. The third kappa shape index (κ3) is 2.05. The number of amides is 2. The lowest BCUT2D eigenvalue weighted by Gasteiger charge is -2.20. The standard InChI is InChI=1S/C11H16N4O2S/c1-6-7(18-10(13)14-6)8(16)15-4-3-11(2,5-15)9(12)17/h3-5H2,1-2H3,(H2,12,17)(H2,13,14). The molecule has 1 aromatic heterocycles. The maximum atomic E-state index is 12.3. The van der Waals surface area contributed by atoms with E-state index < -0.39 is 5.41 Å². The molecule has 1 aromatic rings. The lowest BCUT2D eigenvalue weighted by molar-refractivity contribution is -0.126. The fourth-order valence-electron chi connectivity index (χ4n) is 2.09. The van der Waals surface area contributed by atoms with E-state index in [0.717, 1.165) is 0 Å². The van der Waals surface area contributed by atoms with Gasteiger partial charge in [-0.05, 0) is 20.3 Å². The van der Waals surface area contributed by atoms with Crippen molar-refractivity contribution >= 4 is 28.3 Å². The van der Waals surface area contributed by atoms with Crippen molar-refractivity contribution in [2.24, 2.45) is 11.1 Å². The van der Waals surface area contributed by atoms with Crippen LogP contribution in [0, 0.1) is 12.3 Å². The van der Waals surface area contributed by atoms with Gasteiger partial charge in [0, 0.05) is 13.1 Å². The minimum atomic E-state index is -0.625. The summed E-state index contributed by atoms with van der Waals surface area (Å²) in [4.78, 5) is 29.9.